The van der Waals surface area contributed by atoms with Crippen molar-refractivity contribution in [2.45, 2.75) is 13.3 Å². The van der Waals surface area contributed by atoms with Crippen LogP contribution in [0.1, 0.15) is 13.3 Å². The second-order valence-corrected chi connectivity index (χ2v) is 3.00. The van der Waals surface area contributed by atoms with E-state index in [0.29, 0.717) is 0 Å². The highest BCUT2D eigenvalue weighted by molar-refractivity contribution is 5.66. The van der Waals surface area contributed by atoms with Crippen molar-refractivity contribution < 1.29 is 9.90 Å². The lowest BCUT2D eigenvalue weighted by atomic mass is 10.5. The summed E-state index contributed by atoms with van der Waals surface area (Å²) in [7, 11) is 2.06. The van der Waals surface area contributed by atoms with Crippen molar-refractivity contribution >= 4 is 5.97 Å². The van der Waals surface area contributed by atoms with Crippen LogP contribution < -0.4 is 0 Å². The van der Waals surface area contributed by atoms with Gasteiger partial charge in [-0.05, 0) is 0 Å². The van der Waals surface area contributed by atoms with E-state index in [1.54, 1.807) is 6.92 Å². The summed E-state index contributed by atoms with van der Waals surface area (Å²) in [4.78, 5) is 13.7. The predicted octanol–water partition coefficient (Wildman–Crippen LogP) is 1.33. The molecule has 80 valence electrons. The lowest BCUT2D eigenvalue weighted by Gasteiger charge is -2.15. The maximum absolute atomic E-state index is 9.37. The molecule has 0 aromatic heterocycles. The van der Waals surface area contributed by atoms with Crippen molar-refractivity contribution in [1.29, 1.82) is 0 Å². The average Bonchev–Trinajstić information content (AvgIpc) is 2.53. The summed E-state index contributed by atoms with van der Waals surface area (Å²) in [6, 6.07) is 0. The molecule has 0 bridgehead atoms. The number of nitrogens with zero attached hydrogens (tertiary/aromatic N) is 2. The van der Waals surface area contributed by atoms with Crippen LogP contribution in [0.3, 0.4) is 0 Å². The largest absolute Gasteiger partial charge is 0.481 e. The molecule has 1 heterocycles. The van der Waals surface area contributed by atoms with Crippen LogP contribution in [0, 0.1) is 0 Å². The van der Waals surface area contributed by atoms with Gasteiger partial charge >= 0.3 is 5.97 Å². The lowest BCUT2D eigenvalue weighted by Crippen LogP contribution is -2.21. The summed E-state index contributed by atoms with van der Waals surface area (Å²) < 4.78 is 0. The number of hydrogen-bond acceptors (Lipinski definition) is 3. The first-order valence-electron chi connectivity index (χ1n) is 4.55. The Morgan fingerprint density at radius 3 is 2.50 bits per heavy atom. The molecule has 0 aromatic carbocycles. The minimum Gasteiger partial charge on any atom is -0.481 e. The fourth-order valence-corrected chi connectivity index (χ4v) is 0.873. The van der Waals surface area contributed by atoms with Crippen LogP contribution in [0.25, 0.3) is 0 Å². The summed E-state index contributed by atoms with van der Waals surface area (Å²) in [6.45, 7) is 7.19. The third-order valence-electron chi connectivity index (χ3n) is 1.60. The number of carboxylic acids is 1. The zero-order chi connectivity index (χ0) is 11.0. The van der Waals surface area contributed by atoms with Crippen molar-refractivity contribution in [3.8, 4) is 0 Å². The molecule has 0 atom stereocenters. The number of carboxylic acid groups (broad SMARTS) is 1. The molecule has 14 heavy (non-hydrogen) atoms. The Kier molecular flexibility index (Phi) is 6.28. The third-order valence-corrected chi connectivity index (χ3v) is 1.60. The van der Waals surface area contributed by atoms with Gasteiger partial charge < -0.3 is 14.9 Å². The highest BCUT2D eigenvalue weighted by Gasteiger charge is 2.04. The van der Waals surface area contributed by atoms with E-state index in [9.17, 15) is 4.79 Å². The molecule has 0 unspecified atom stereocenters. The molecule has 0 spiro atoms. The first-order chi connectivity index (χ1) is 6.60. The predicted molar refractivity (Wildman–Crippen MR) is 56.6 cm³/mol. The molecule has 0 amide bonds. The molecule has 1 aliphatic heterocycles. The second kappa shape index (κ2) is 7.00. The molecule has 4 nitrogen and oxygen atoms in total. The summed E-state index contributed by atoms with van der Waals surface area (Å²) in [5.74, 6) is -0.745. The minimum absolute atomic E-state index is 0.222. The molecule has 0 fully saturated rings. The number of hydrogen-bond donors (Lipinski definition) is 1. The highest BCUT2D eigenvalue weighted by atomic mass is 16.4. The van der Waals surface area contributed by atoms with E-state index in [1.165, 1.54) is 0 Å². The van der Waals surface area contributed by atoms with Gasteiger partial charge in [0, 0.05) is 32.4 Å². The first kappa shape index (κ1) is 12.6. The number of carbonyl (C=O) groups is 1. The van der Waals surface area contributed by atoms with Crippen LogP contribution in [0.5, 0.6) is 0 Å². The quantitative estimate of drug-likeness (QED) is 0.695. The van der Waals surface area contributed by atoms with Crippen molar-refractivity contribution in [3.63, 3.8) is 0 Å². The maximum Gasteiger partial charge on any atom is 0.303 e. The molecule has 0 saturated heterocycles. The van der Waals surface area contributed by atoms with Crippen LogP contribution in [-0.2, 0) is 4.79 Å². The van der Waals surface area contributed by atoms with Gasteiger partial charge in [-0.15, -0.1) is 6.58 Å². The van der Waals surface area contributed by atoms with E-state index >= 15 is 0 Å². The Hall–Kier alpha value is -1.45. The molecule has 0 saturated carbocycles. The smallest absolute Gasteiger partial charge is 0.303 e. The Balaban J connectivity index is 0.000000292. The van der Waals surface area contributed by atoms with Gasteiger partial charge in [0.05, 0.1) is 6.67 Å². The molecule has 1 N–H and O–H groups in total. The second-order valence-electron chi connectivity index (χ2n) is 3.00. The topological polar surface area (TPSA) is 43.8 Å². The Morgan fingerprint density at radius 2 is 2.21 bits per heavy atom. The van der Waals surface area contributed by atoms with E-state index in [0.717, 1.165) is 13.2 Å². The van der Waals surface area contributed by atoms with E-state index in [4.69, 9.17) is 5.11 Å². The molecular formula is C10H18N2O2. The van der Waals surface area contributed by atoms with Gasteiger partial charge in [-0.25, -0.2) is 0 Å². The van der Waals surface area contributed by atoms with Gasteiger partial charge in [0.15, 0.2) is 0 Å². The zero-order valence-electron chi connectivity index (χ0n) is 8.81. The molecule has 1 aliphatic rings. The monoisotopic (exact) mass is 198 g/mol. The van der Waals surface area contributed by atoms with Gasteiger partial charge in [-0.1, -0.05) is 13.0 Å². The number of rotatable bonds is 3. The Bertz CT molecular complexity index is 214. The van der Waals surface area contributed by atoms with E-state index in [2.05, 4.69) is 35.8 Å². The van der Waals surface area contributed by atoms with Gasteiger partial charge in [-0.3, -0.25) is 4.79 Å². The highest BCUT2D eigenvalue weighted by Crippen LogP contribution is 2.01. The van der Waals surface area contributed by atoms with E-state index < -0.39 is 5.97 Å². The molecule has 0 aromatic rings. The first-order valence-corrected chi connectivity index (χ1v) is 4.55. The Labute approximate surface area is 85.1 Å². The van der Waals surface area contributed by atoms with Crippen LogP contribution in [0.2, 0.25) is 0 Å². The van der Waals surface area contributed by atoms with Crippen molar-refractivity contribution in [2.24, 2.45) is 0 Å². The molecule has 0 aliphatic carbocycles. The molecule has 0 radical (unpaired) electrons. The summed E-state index contributed by atoms with van der Waals surface area (Å²) in [6.07, 6.45) is 6.26. The maximum atomic E-state index is 9.37. The SMILES string of the molecule is C=CCN1C=CN(C)C1.CCC(=O)O. The van der Waals surface area contributed by atoms with Crippen LogP contribution >= 0.6 is 0 Å². The van der Waals surface area contributed by atoms with Gasteiger partial charge in [-0.2, -0.15) is 0 Å². The van der Waals surface area contributed by atoms with Crippen molar-refractivity contribution in [3.05, 3.63) is 25.1 Å². The van der Waals surface area contributed by atoms with Gasteiger partial charge in [0.1, 0.15) is 0 Å². The third kappa shape index (κ3) is 6.11. The molecular weight excluding hydrogens is 180 g/mol. The van der Waals surface area contributed by atoms with Crippen LogP contribution in [-0.4, -0.2) is 41.1 Å². The fourth-order valence-electron chi connectivity index (χ4n) is 0.873. The van der Waals surface area contributed by atoms with E-state index in [1.807, 2.05) is 6.08 Å². The standard InChI is InChI=1S/C7H12N2.C3H6O2/c1-3-4-9-6-5-8(2)7-9;1-2-3(4)5/h3,5-6H,1,4,7H2,2H3;2H2,1H3,(H,4,5). The average molecular weight is 198 g/mol. The lowest BCUT2D eigenvalue weighted by molar-refractivity contribution is -0.136. The zero-order valence-corrected chi connectivity index (χ0v) is 8.81. The van der Waals surface area contributed by atoms with Gasteiger partial charge in [0.25, 0.3) is 0 Å². The van der Waals surface area contributed by atoms with Gasteiger partial charge in [0.2, 0.25) is 0 Å². The molecule has 1 rings (SSSR count). The Morgan fingerprint density at radius 1 is 1.64 bits per heavy atom. The fraction of sp³-hybridized carbons (Fsp3) is 0.500. The van der Waals surface area contributed by atoms with E-state index in [-0.39, 0.29) is 6.42 Å². The number of aliphatic carboxylic acids is 1. The summed E-state index contributed by atoms with van der Waals surface area (Å²) in [5.41, 5.74) is 0. The van der Waals surface area contributed by atoms with Crippen molar-refractivity contribution in [1.82, 2.24) is 9.80 Å². The van der Waals surface area contributed by atoms with Crippen LogP contribution in [0.15, 0.2) is 25.1 Å². The normalized spacial score (nSPS) is 13.6. The summed E-state index contributed by atoms with van der Waals surface area (Å²) in [5, 5.41) is 7.72. The van der Waals surface area contributed by atoms with Crippen LogP contribution in [0.4, 0.5) is 0 Å². The molecule has 4 heteroatoms. The summed E-state index contributed by atoms with van der Waals surface area (Å²) >= 11 is 0. The minimum atomic E-state index is -0.745. The van der Waals surface area contributed by atoms with Crippen molar-refractivity contribution in [2.75, 3.05) is 20.3 Å².